The fourth-order valence-electron chi connectivity index (χ4n) is 2.25. The largest absolute Gasteiger partial charge is 0.457 e. The lowest BCUT2D eigenvalue weighted by molar-refractivity contribution is -0.386. The van der Waals surface area contributed by atoms with E-state index in [1.54, 1.807) is 36.4 Å². The van der Waals surface area contributed by atoms with Crippen LogP contribution < -0.4 is 0 Å². The van der Waals surface area contributed by atoms with E-state index >= 15 is 0 Å². The molecule has 0 radical (unpaired) electrons. The summed E-state index contributed by atoms with van der Waals surface area (Å²) in [6.07, 6.45) is 2.97. The van der Waals surface area contributed by atoms with Crippen molar-refractivity contribution in [2.24, 2.45) is 0 Å². The second kappa shape index (κ2) is 6.22. The summed E-state index contributed by atoms with van der Waals surface area (Å²) in [6, 6.07) is 12.6. The normalized spacial score (nSPS) is 10.8. The third-order valence-electron chi connectivity index (χ3n) is 3.38. The van der Waals surface area contributed by atoms with Crippen molar-refractivity contribution < 1.29 is 13.9 Å². The van der Waals surface area contributed by atoms with Crippen molar-refractivity contribution in [2.75, 3.05) is 0 Å². The molecule has 0 aliphatic carbocycles. The first kappa shape index (κ1) is 15.2. The van der Waals surface area contributed by atoms with Gasteiger partial charge in [-0.3, -0.25) is 10.1 Å². The molecule has 0 aliphatic heterocycles. The average molecular weight is 321 g/mol. The van der Waals surface area contributed by atoms with Crippen LogP contribution in [0.3, 0.4) is 0 Å². The maximum absolute atomic E-state index is 11.0. The number of rotatable bonds is 4. The molecule has 2 aromatic heterocycles. The van der Waals surface area contributed by atoms with Gasteiger partial charge in [0.2, 0.25) is 5.76 Å². The number of nitro groups is 1. The lowest BCUT2D eigenvalue weighted by atomic mass is 10.1. The number of aromatic nitrogens is 1. The molecule has 3 aromatic rings. The second-order valence-corrected chi connectivity index (χ2v) is 4.93. The molecule has 0 fully saturated rings. The van der Waals surface area contributed by atoms with Crippen LogP contribution in [0.25, 0.3) is 23.5 Å². The van der Waals surface area contributed by atoms with Gasteiger partial charge in [0, 0.05) is 5.56 Å². The van der Waals surface area contributed by atoms with Crippen LogP contribution >= 0.6 is 0 Å². The molecule has 0 bridgehead atoms. The second-order valence-electron chi connectivity index (χ2n) is 4.93. The summed E-state index contributed by atoms with van der Waals surface area (Å²) in [5.41, 5.74) is 1.22. The molecule has 2 heterocycles. The third-order valence-corrected chi connectivity index (χ3v) is 3.38. The van der Waals surface area contributed by atoms with E-state index in [0.29, 0.717) is 22.6 Å². The van der Waals surface area contributed by atoms with Crippen molar-refractivity contribution in [3.05, 3.63) is 69.3 Å². The van der Waals surface area contributed by atoms with Crippen LogP contribution in [0.4, 0.5) is 5.69 Å². The van der Waals surface area contributed by atoms with Crippen LogP contribution in [-0.2, 0) is 0 Å². The Kier molecular flexibility index (Phi) is 3.95. The fraction of sp³-hybridized carbons (Fsp3) is 0.0588. The Morgan fingerprint density at radius 1 is 1.25 bits per heavy atom. The summed E-state index contributed by atoms with van der Waals surface area (Å²) < 4.78 is 10.6. The van der Waals surface area contributed by atoms with E-state index < -0.39 is 4.92 Å². The molecule has 7 heteroatoms. The number of furan rings is 1. The molecule has 24 heavy (non-hydrogen) atoms. The lowest BCUT2D eigenvalue weighted by Gasteiger charge is -1.98. The fourth-order valence-corrected chi connectivity index (χ4v) is 2.25. The van der Waals surface area contributed by atoms with Crippen LogP contribution in [0.2, 0.25) is 0 Å². The summed E-state index contributed by atoms with van der Waals surface area (Å²) in [4.78, 5) is 10.5. The highest BCUT2D eigenvalue weighted by Gasteiger charge is 2.22. The standard InChI is InChI=1S/C17H11N3O4/c1-11-17(20(21)22)16(24-19-11)9-7-13-6-8-15(23-13)14-5-3-2-4-12(14)10-18/h2-9H,1H3. The zero-order valence-electron chi connectivity index (χ0n) is 12.6. The first-order chi connectivity index (χ1) is 11.6. The highest BCUT2D eigenvalue weighted by atomic mass is 16.6. The van der Waals surface area contributed by atoms with Crippen LogP contribution in [0.5, 0.6) is 0 Å². The molecule has 0 saturated heterocycles. The molecule has 0 amide bonds. The van der Waals surface area contributed by atoms with Gasteiger partial charge in [-0.25, -0.2) is 0 Å². The maximum Gasteiger partial charge on any atom is 0.338 e. The van der Waals surface area contributed by atoms with Crippen molar-refractivity contribution in [3.63, 3.8) is 0 Å². The van der Waals surface area contributed by atoms with E-state index in [1.807, 2.05) is 6.07 Å². The number of hydrogen-bond donors (Lipinski definition) is 0. The number of nitriles is 1. The smallest absolute Gasteiger partial charge is 0.338 e. The minimum absolute atomic E-state index is 0.0490. The van der Waals surface area contributed by atoms with Crippen molar-refractivity contribution >= 4 is 17.8 Å². The zero-order valence-corrected chi connectivity index (χ0v) is 12.6. The van der Waals surface area contributed by atoms with Gasteiger partial charge < -0.3 is 8.94 Å². The monoisotopic (exact) mass is 321 g/mol. The first-order valence-corrected chi connectivity index (χ1v) is 6.98. The Labute approximate surface area is 136 Å². The van der Waals surface area contributed by atoms with Crippen LogP contribution in [0, 0.1) is 28.4 Å². The van der Waals surface area contributed by atoms with E-state index in [0.717, 1.165) is 0 Å². The predicted octanol–water partition coefficient (Wildman–Crippen LogP) is 4.19. The number of benzene rings is 1. The summed E-state index contributed by atoms with van der Waals surface area (Å²) in [5, 5.41) is 23.7. The summed E-state index contributed by atoms with van der Waals surface area (Å²) in [6.45, 7) is 1.50. The van der Waals surface area contributed by atoms with Gasteiger partial charge in [-0.1, -0.05) is 17.3 Å². The maximum atomic E-state index is 11.0. The van der Waals surface area contributed by atoms with Gasteiger partial charge in [-0.2, -0.15) is 5.26 Å². The van der Waals surface area contributed by atoms with E-state index in [2.05, 4.69) is 11.2 Å². The van der Waals surface area contributed by atoms with Crippen LogP contribution in [0.15, 0.2) is 45.3 Å². The van der Waals surface area contributed by atoms with E-state index in [9.17, 15) is 10.1 Å². The average Bonchev–Trinajstić information content (AvgIpc) is 3.19. The predicted molar refractivity (Wildman–Crippen MR) is 85.7 cm³/mol. The van der Waals surface area contributed by atoms with Gasteiger partial charge in [0.15, 0.2) is 5.69 Å². The molecule has 0 unspecified atom stereocenters. The molecule has 0 N–H and O–H groups in total. The summed E-state index contributed by atoms with van der Waals surface area (Å²) >= 11 is 0. The Hall–Kier alpha value is -3.66. The SMILES string of the molecule is Cc1noc(C=Cc2ccc(-c3ccccc3C#N)o2)c1[N+](=O)[O-]. The van der Waals surface area contributed by atoms with Crippen LogP contribution in [-0.4, -0.2) is 10.1 Å². The minimum atomic E-state index is -0.539. The molecule has 0 aliphatic rings. The number of nitrogens with zero attached hydrogens (tertiary/aromatic N) is 3. The zero-order chi connectivity index (χ0) is 17.1. The van der Waals surface area contributed by atoms with Gasteiger partial charge in [0.05, 0.1) is 16.6 Å². The molecule has 3 rings (SSSR count). The van der Waals surface area contributed by atoms with Crippen molar-refractivity contribution in [1.82, 2.24) is 5.16 Å². The number of hydrogen-bond acceptors (Lipinski definition) is 6. The van der Waals surface area contributed by atoms with Gasteiger partial charge in [0.1, 0.15) is 11.5 Å². The molecule has 118 valence electrons. The quantitative estimate of drug-likeness (QED) is 0.526. The van der Waals surface area contributed by atoms with E-state index in [1.165, 1.54) is 13.0 Å². The highest BCUT2D eigenvalue weighted by molar-refractivity contribution is 5.72. The molecule has 0 saturated carbocycles. The van der Waals surface area contributed by atoms with Crippen LogP contribution in [0.1, 0.15) is 22.8 Å². The van der Waals surface area contributed by atoms with Crippen molar-refractivity contribution in [1.29, 1.82) is 5.26 Å². The molecule has 7 nitrogen and oxygen atoms in total. The van der Waals surface area contributed by atoms with Crippen molar-refractivity contribution in [2.45, 2.75) is 6.92 Å². The third kappa shape index (κ3) is 2.80. The van der Waals surface area contributed by atoms with Gasteiger partial charge in [0.25, 0.3) is 0 Å². The molecule has 0 spiro atoms. The van der Waals surface area contributed by atoms with Gasteiger partial charge in [-0.05, 0) is 43.3 Å². The Bertz CT molecular complexity index is 976. The van der Waals surface area contributed by atoms with Gasteiger partial charge >= 0.3 is 5.69 Å². The first-order valence-electron chi connectivity index (χ1n) is 6.98. The molecular formula is C17H11N3O4. The topological polar surface area (TPSA) is 106 Å². The number of aryl methyl sites for hydroxylation is 1. The summed E-state index contributed by atoms with van der Waals surface area (Å²) in [5.74, 6) is 1.06. The van der Waals surface area contributed by atoms with Gasteiger partial charge in [-0.15, -0.1) is 0 Å². The Morgan fingerprint density at radius 3 is 2.79 bits per heavy atom. The Balaban J connectivity index is 1.90. The van der Waals surface area contributed by atoms with E-state index in [4.69, 9.17) is 14.2 Å². The Morgan fingerprint density at radius 2 is 2.04 bits per heavy atom. The summed E-state index contributed by atoms with van der Waals surface area (Å²) in [7, 11) is 0. The lowest BCUT2D eigenvalue weighted by Crippen LogP contribution is -1.90. The molecular weight excluding hydrogens is 310 g/mol. The highest BCUT2D eigenvalue weighted by Crippen LogP contribution is 2.28. The van der Waals surface area contributed by atoms with E-state index in [-0.39, 0.29) is 17.1 Å². The molecule has 1 aromatic carbocycles. The molecule has 0 atom stereocenters. The minimum Gasteiger partial charge on any atom is -0.457 e. The van der Waals surface area contributed by atoms with Crippen molar-refractivity contribution in [3.8, 4) is 17.4 Å².